The van der Waals surface area contributed by atoms with Crippen LogP contribution in [0.5, 0.6) is 0 Å². The van der Waals surface area contributed by atoms with E-state index in [4.69, 9.17) is 15.9 Å². The number of thiol groups is 1. The molecule has 14 heteroatoms. The van der Waals surface area contributed by atoms with E-state index in [1.807, 2.05) is 0 Å². The lowest BCUT2D eigenvalue weighted by Gasteiger charge is -2.26. The summed E-state index contributed by atoms with van der Waals surface area (Å²) in [6.07, 6.45) is 2.35. The van der Waals surface area contributed by atoms with Gasteiger partial charge in [0.25, 0.3) is 0 Å². The Morgan fingerprint density at radius 1 is 1.06 bits per heavy atom. The van der Waals surface area contributed by atoms with Crippen LogP contribution in [-0.4, -0.2) is 79.8 Å². The number of nitrogens with two attached hydrogens (primary N) is 1. The van der Waals surface area contributed by atoms with Gasteiger partial charge in [-0.15, -0.1) is 0 Å². The maximum atomic E-state index is 12.9. The molecule has 0 bridgehead atoms. The predicted octanol–water partition coefficient (Wildman–Crippen LogP) is -1.73. The van der Waals surface area contributed by atoms with Crippen LogP contribution in [0.1, 0.15) is 32.4 Å². The van der Waals surface area contributed by atoms with Crippen molar-refractivity contribution in [3.8, 4) is 0 Å². The summed E-state index contributed by atoms with van der Waals surface area (Å²) in [5, 5.41) is 25.3. The van der Waals surface area contributed by atoms with Crippen molar-refractivity contribution in [2.75, 3.05) is 5.75 Å². The number of hydrogen-bond donors (Lipinski definition) is 8. The van der Waals surface area contributed by atoms with Crippen molar-refractivity contribution in [1.29, 1.82) is 0 Å². The molecule has 0 spiro atoms. The summed E-state index contributed by atoms with van der Waals surface area (Å²) in [6, 6.07) is -4.72. The molecule has 0 aliphatic rings. The summed E-state index contributed by atoms with van der Waals surface area (Å²) in [5.74, 6) is -5.32. The number of nitrogens with zero attached hydrogens (tertiary/aromatic N) is 1. The third kappa shape index (κ3) is 9.49. The molecule has 0 aliphatic heterocycles. The highest BCUT2D eigenvalue weighted by Crippen LogP contribution is 2.07. The van der Waals surface area contributed by atoms with Crippen LogP contribution in [0, 0.1) is 5.92 Å². The van der Waals surface area contributed by atoms with E-state index in [2.05, 4.69) is 38.5 Å². The molecule has 1 aromatic rings. The number of carbonyl (C=O) groups is 5. The van der Waals surface area contributed by atoms with Gasteiger partial charge in [0.2, 0.25) is 17.7 Å². The first-order chi connectivity index (χ1) is 15.5. The van der Waals surface area contributed by atoms with E-state index in [0.717, 1.165) is 0 Å². The van der Waals surface area contributed by atoms with Crippen molar-refractivity contribution in [1.82, 2.24) is 25.9 Å². The Bertz CT molecular complexity index is 833. The van der Waals surface area contributed by atoms with Gasteiger partial charge >= 0.3 is 11.9 Å². The zero-order valence-corrected chi connectivity index (χ0v) is 19.2. The second-order valence-corrected chi connectivity index (χ2v) is 8.06. The molecule has 0 saturated heterocycles. The minimum absolute atomic E-state index is 0.108. The van der Waals surface area contributed by atoms with Crippen LogP contribution in [0.25, 0.3) is 0 Å². The number of rotatable bonds is 14. The average Bonchev–Trinajstić information content (AvgIpc) is 3.24. The Hall–Kier alpha value is -3.13. The van der Waals surface area contributed by atoms with Gasteiger partial charge in [0, 0.05) is 30.5 Å². The number of aromatic amines is 1. The van der Waals surface area contributed by atoms with Crippen molar-refractivity contribution < 1.29 is 34.2 Å². The van der Waals surface area contributed by atoms with Gasteiger partial charge in [0.1, 0.15) is 18.1 Å². The zero-order valence-electron chi connectivity index (χ0n) is 18.3. The quantitative estimate of drug-likeness (QED) is 0.140. The lowest BCUT2D eigenvalue weighted by molar-refractivity contribution is -0.142. The van der Waals surface area contributed by atoms with E-state index in [1.165, 1.54) is 12.5 Å². The van der Waals surface area contributed by atoms with Crippen LogP contribution < -0.4 is 21.7 Å². The Labute approximate surface area is 195 Å². The molecule has 0 fully saturated rings. The number of imidazole rings is 1. The highest BCUT2D eigenvalue weighted by atomic mass is 32.1. The summed E-state index contributed by atoms with van der Waals surface area (Å²) < 4.78 is 0. The minimum atomic E-state index is -1.29. The molecular formula is C19H30N6O7S. The molecule has 33 heavy (non-hydrogen) atoms. The number of aromatic nitrogens is 2. The minimum Gasteiger partial charge on any atom is -0.481 e. The van der Waals surface area contributed by atoms with Gasteiger partial charge in [-0.3, -0.25) is 19.2 Å². The number of H-pyrrole nitrogens is 1. The molecule has 0 saturated carbocycles. The summed E-state index contributed by atoms with van der Waals surface area (Å²) in [4.78, 5) is 66.7. The molecule has 4 atom stereocenters. The monoisotopic (exact) mass is 486 g/mol. The first-order valence-corrected chi connectivity index (χ1v) is 10.8. The molecule has 4 unspecified atom stereocenters. The lowest BCUT2D eigenvalue weighted by atomic mass is 10.0. The Balaban J connectivity index is 2.91. The first-order valence-electron chi connectivity index (χ1n) is 10.2. The van der Waals surface area contributed by atoms with Gasteiger partial charge in [-0.1, -0.05) is 13.8 Å². The molecular weight excluding hydrogens is 456 g/mol. The first kappa shape index (κ1) is 27.9. The molecule has 1 rings (SSSR count). The van der Waals surface area contributed by atoms with Gasteiger partial charge in [-0.05, 0) is 12.3 Å². The number of aliphatic carboxylic acids is 2. The molecule has 3 amide bonds. The Morgan fingerprint density at radius 3 is 2.18 bits per heavy atom. The smallest absolute Gasteiger partial charge is 0.327 e. The molecule has 1 aromatic heterocycles. The number of carboxylic acids is 2. The highest BCUT2D eigenvalue weighted by molar-refractivity contribution is 7.80. The third-order valence-corrected chi connectivity index (χ3v) is 5.02. The van der Waals surface area contributed by atoms with Gasteiger partial charge in [0.05, 0.1) is 12.4 Å². The van der Waals surface area contributed by atoms with Crippen molar-refractivity contribution in [3.63, 3.8) is 0 Å². The summed E-state index contributed by atoms with van der Waals surface area (Å²) in [6.45, 7) is 3.26. The van der Waals surface area contributed by atoms with Gasteiger partial charge in [0.15, 0.2) is 0 Å². The van der Waals surface area contributed by atoms with Crippen molar-refractivity contribution in [2.45, 2.75) is 57.3 Å². The molecule has 1 heterocycles. The number of amides is 3. The largest absolute Gasteiger partial charge is 0.481 e. The van der Waals surface area contributed by atoms with E-state index in [1.54, 1.807) is 13.8 Å². The Kier molecular flexibility index (Phi) is 11.4. The average molecular weight is 487 g/mol. The highest BCUT2D eigenvalue weighted by Gasteiger charge is 2.31. The van der Waals surface area contributed by atoms with E-state index in [0.29, 0.717) is 5.69 Å². The summed E-state index contributed by atoms with van der Waals surface area (Å²) in [5.41, 5.74) is 6.47. The maximum Gasteiger partial charge on any atom is 0.327 e. The standard InChI is InChI=1S/C19H30N6O7S/c1-9(2)15(18(30)24-13(7-33)19(31)32)25-17(29)12(3-4-14(26)27)23-16(28)11(20)5-10-6-21-8-22-10/h6,8-9,11-13,15,33H,3-5,7,20H2,1-2H3,(H,21,22)(H,23,28)(H,24,30)(H,25,29)(H,26,27)(H,31,32). The number of nitrogens with one attached hydrogen (secondary N) is 4. The topological polar surface area (TPSA) is 217 Å². The van der Waals surface area contributed by atoms with E-state index in [-0.39, 0.29) is 18.6 Å². The molecule has 184 valence electrons. The predicted molar refractivity (Wildman–Crippen MR) is 119 cm³/mol. The number of hydrogen-bond acceptors (Lipinski definition) is 8. The van der Waals surface area contributed by atoms with Crippen LogP contribution >= 0.6 is 12.6 Å². The molecule has 8 N–H and O–H groups in total. The number of carbonyl (C=O) groups excluding carboxylic acids is 3. The molecule has 13 nitrogen and oxygen atoms in total. The zero-order chi connectivity index (χ0) is 25.1. The van der Waals surface area contributed by atoms with Gasteiger partial charge in [-0.25, -0.2) is 9.78 Å². The van der Waals surface area contributed by atoms with Crippen molar-refractivity contribution in [2.24, 2.45) is 11.7 Å². The fourth-order valence-electron chi connectivity index (χ4n) is 2.78. The summed E-state index contributed by atoms with van der Waals surface area (Å²) in [7, 11) is 0. The van der Waals surface area contributed by atoms with E-state index >= 15 is 0 Å². The van der Waals surface area contributed by atoms with E-state index in [9.17, 15) is 24.0 Å². The van der Waals surface area contributed by atoms with Crippen LogP contribution in [-0.2, 0) is 30.4 Å². The fourth-order valence-corrected chi connectivity index (χ4v) is 3.02. The van der Waals surface area contributed by atoms with Gasteiger partial charge < -0.3 is 36.9 Å². The molecule has 0 aliphatic carbocycles. The number of carboxylic acid groups (broad SMARTS) is 2. The molecule has 0 radical (unpaired) electrons. The van der Waals surface area contributed by atoms with Crippen LogP contribution in [0.4, 0.5) is 0 Å². The lowest BCUT2D eigenvalue weighted by Crippen LogP contribution is -2.58. The van der Waals surface area contributed by atoms with Crippen molar-refractivity contribution >= 4 is 42.3 Å². The van der Waals surface area contributed by atoms with Gasteiger partial charge in [-0.2, -0.15) is 12.6 Å². The van der Waals surface area contributed by atoms with Crippen LogP contribution in [0.2, 0.25) is 0 Å². The van der Waals surface area contributed by atoms with Crippen LogP contribution in [0.3, 0.4) is 0 Å². The maximum absolute atomic E-state index is 12.9. The van der Waals surface area contributed by atoms with E-state index < -0.39 is 66.2 Å². The normalized spacial score (nSPS) is 14.6. The SMILES string of the molecule is CC(C)C(NC(=O)C(CCC(=O)O)NC(=O)C(N)Cc1cnc[nH]1)C(=O)NC(CS)C(=O)O. The second-order valence-electron chi connectivity index (χ2n) is 7.69. The van der Waals surface area contributed by atoms with Crippen LogP contribution in [0.15, 0.2) is 12.5 Å². The third-order valence-electron chi connectivity index (χ3n) is 4.66. The fraction of sp³-hybridized carbons (Fsp3) is 0.579. The Morgan fingerprint density at radius 2 is 1.70 bits per heavy atom. The molecule has 0 aromatic carbocycles. The summed E-state index contributed by atoms with van der Waals surface area (Å²) >= 11 is 3.88. The van der Waals surface area contributed by atoms with Crippen molar-refractivity contribution in [3.05, 3.63) is 18.2 Å². The second kappa shape index (κ2) is 13.4.